The molecule has 26 heavy (non-hydrogen) atoms. The van der Waals surface area contributed by atoms with E-state index in [4.69, 9.17) is 0 Å². The van der Waals surface area contributed by atoms with Gasteiger partial charge in [-0.05, 0) is 24.3 Å². The molecular formula is C20H32N4O2. The Bertz CT molecular complexity index is 554. The molecule has 3 amide bonds. The summed E-state index contributed by atoms with van der Waals surface area (Å²) in [5.41, 5.74) is 1.07. The minimum Gasteiger partial charge on any atom is -0.352 e. The van der Waals surface area contributed by atoms with Crippen molar-refractivity contribution in [3.8, 4) is 0 Å². The van der Waals surface area contributed by atoms with Gasteiger partial charge >= 0.3 is 6.03 Å². The summed E-state index contributed by atoms with van der Waals surface area (Å²) in [7, 11) is 0. The number of carbonyl (C=O) groups is 2. The number of rotatable bonds is 8. The van der Waals surface area contributed by atoms with Crippen LogP contribution in [0.2, 0.25) is 0 Å². The van der Waals surface area contributed by atoms with Gasteiger partial charge in [0.15, 0.2) is 0 Å². The van der Waals surface area contributed by atoms with Crippen LogP contribution in [0.15, 0.2) is 30.3 Å². The van der Waals surface area contributed by atoms with E-state index in [0.717, 1.165) is 38.0 Å². The summed E-state index contributed by atoms with van der Waals surface area (Å²) >= 11 is 0. The lowest BCUT2D eigenvalue weighted by Crippen LogP contribution is -2.48. The van der Waals surface area contributed by atoms with E-state index in [9.17, 15) is 9.59 Å². The van der Waals surface area contributed by atoms with Crippen molar-refractivity contribution in [1.29, 1.82) is 0 Å². The van der Waals surface area contributed by atoms with Gasteiger partial charge in [0.05, 0.1) is 0 Å². The Morgan fingerprint density at radius 1 is 1.12 bits per heavy atom. The number of nitrogens with zero attached hydrogens (tertiary/aromatic N) is 1. The van der Waals surface area contributed by atoms with E-state index in [1.54, 1.807) is 0 Å². The van der Waals surface area contributed by atoms with Crippen LogP contribution in [-0.2, 0) is 11.3 Å². The van der Waals surface area contributed by atoms with Crippen molar-refractivity contribution in [3.63, 3.8) is 0 Å². The standard InChI is InChI=1S/C20H32N4O2/c1-16(2)15-24-12-9-18(10-13-24)23-20(26)21-11-8-19(25)22-14-17-6-4-3-5-7-17/h3-7,16,18H,8-15H2,1-2H3,(H,22,25)(H2,21,23,26). The Morgan fingerprint density at radius 3 is 2.46 bits per heavy atom. The number of hydrogen-bond donors (Lipinski definition) is 3. The number of piperidine rings is 1. The van der Waals surface area contributed by atoms with Crippen LogP contribution in [-0.4, -0.2) is 49.1 Å². The molecule has 1 aromatic carbocycles. The van der Waals surface area contributed by atoms with Gasteiger partial charge in [-0.25, -0.2) is 4.79 Å². The normalized spacial score (nSPS) is 15.7. The zero-order valence-corrected chi connectivity index (χ0v) is 16.0. The second-order valence-electron chi connectivity index (χ2n) is 7.38. The van der Waals surface area contributed by atoms with Gasteiger partial charge in [0, 0.05) is 45.2 Å². The van der Waals surface area contributed by atoms with Gasteiger partial charge in [-0.2, -0.15) is 0 Å². The minimum absolute atomic E-state index is 0.0591. The second-order valence-corrected chi connectivity index (χ2v) is 7.38. The Hall–Kier alpha value is -2.08. The number of nitrogens with one attached hydrogen (secondary N) is 3. The minimum atomic E-state index is -0.178. The van der Waals surface area contributed by atoms with Gasteiger partial charge in [0.1, 0.15) is 0 Å². The summed E-state index contributed by atoms with van der Waals surface area (Å²) in [6.45, 7) is 8.51. The smallest absolute Gasteiger partial charge is 0.315 e. The van der Waals surface area contributed by atoms with Crippen LogP contribution in [0, 0.1) is 5.92 Å². The van der Waals surface area contributed by atoms with Gasteiger partial charge < -0.3 is 20.9 Å². The maximum Gasteiger partial charge on any atom is 0.315 e. The van der Waals surface area contributed by atoms with Crippen LogP contribution in [0.3, 0.4) is 0 Å². The summed E-state index contributed by atoms with van der Waals surface area (Å²) in [6, 6.07) is 9.83. The molecule has 144 valence electrons. The molecule has 6 nitrogen and oxygen atoms in total. The Morgan fingerprint density at radius 2 is 1.81 bits per heavy atom. The van der Waals surface area contributed by atoms with Crippen LogP contribution < -0.4 is 16.0 Å². The van der Waals surface area contributed by atoms with Gasteiger partial charge in [0.2, 0.25) is 5.91 Å². The van der Waals surface area contributed by atoms with Crippen LogP contribution in [0.25, 0.3) is 0 Å². The van der Waals surface area contributed by atoms with Crippen LogP contribution in [0.4, 0.5) is 4.79 Å². The first-order valence-electron chi connectivity index (χ1n) is 9.60. The molecule has 0 aliphatic carbocycles. The molecule has 0 spiro atoms. The van der Waals surface area contributed by atoms with E-state index in [-0.39, 0.29) is 24.4 Å². The fourth-order valence-electron chi connectivity index (χ4n) is 3.19. The first-order valence-corrected chi connectivity index (χ1v) is 9.60. The molecule has 2 rings (SSSR count). The number of benzene rings is 1. The van der Waals surface area contributed by atoms with E-state index < -0.39 is 0 Å². The zero-order chi connectivity index (χ0) is 18.8. The SMILES string of the molecule is CC(C)CN1CCC(NC(=O)NCCC(=O)NCc2ccccc2)CC1. The third-order valence-corrected chi connectivity index (χ3v) is 4.52. The Kier molecular flexibility index (Phi) is 8.41. The molecule has 0 atom stereocenters. The van der Waals surface area contributed by atoms with Crippen molar-refractivity contribution in [3.05, 3.63) is 35.9 Å². The quantitative estimate of drug-likeness (QED) is 0.665. The molecule has 1 saturated heterocycles. The first kappa shape index (κ1) is 20.2. The van der Waals surface area contributed by atoms with Crippen molar-refractivity contribution in [1.82, 2.24) is 20.9 Å². The predicted molar refractivity (Wildman–Crippen MR) is 104 cm³/mol. The molecule has 1 aliphatic rings. The molecule has 0 unspecified atom stereocenters. The van der Waals surface area contributed by atoms with Crippen LogP contribution in [0.1, 0.15) is 38.7 Å². The Labute approximate surface area is 156 Å². The van der Waals surface area contributed by atoms with Gasteiger partial charge in [-0.3, -0.25) is 4.79 Å². The summed E-state index contributed by atoms with van der Waals surface area (Å²) in [6.07, 6.45) is 2.25. The first-order chi connectivity index (χ1) is 12.5. The van der Waals surface area contributed by atoms with Crippen LogP contribution in [0.5, 0.6) is 0 Å². The summed E-state index contributed by atoms with van der Waals surface area (Å²) in [4.78, 5) is 26.2. The highest BCUT2D eigenvalue weighted by Gasteiger charge is 2.20. The maximum absolute atomic E-state index is 12.0. The molecule has 3 N–H and O–H groups in total. The van der Waals surface area contributed by atoms with Crippen molar-refractivity contribution < 1.29 is 9.59 Å². The molecule has 1 heterocycles. The third kappa shape index (κ3) is 7.87. The van der Waals surface area contributed by atoms with E-state index in [1.807, 2.05) is 30.3 Å². The van der Waals surface area contributed by atoms with Crippen LogP contribution >= 0.6 is 0 Å². The fourth-order valence-corrected chi connectivity index (χ4v) is 3.19. The highest BCUT2D eigenvalue weighted by Crippen LogP contribution is 2.11. The molecule has 1 aromatic rings. The summed E-state index contributed by atoms with van der Waals surface area (Å²) < 4.78 is 0. The molecule has 6 heteroatoms. The van der Waals surface area contributed by atoms with Crippen molar-refractivity contribution in [2.75, 3.05) is 26.2 Å². The second kappa shape index (κ2) is 10.8. The van der Waals surface area contributed by atoms with Crippen molar-refractivity contribution >= 4 is 11.9 Å². The number of carbonyl (C=O) groups excluding carboxylic acids is 2. The lowest BCUT2D eigenvalue weighted by Gasteiger charge is -2.33. The topological polar surface area (TPSA) is 73.5 Å². The summed E-state index contributed by atoms with van der Waals surface area (Å²) in [5.74, 6) is 0.618. The van der Waals surface area contributed by atoms with Gasteiger partial charge in [0.25, 0.3) is 0 Å². The highest BCUT2D eigenvalue weighted by atomic mass is 16.2. The average molecular weight is 361 g/mol. The molecule has 1 fully saturated rings. The van der Waals surface area contributed by atoms with Gasteiger partial charge in [-0.15, -0.1) is 0 Å². The third-order valence-electron chi connectivity index (χ3n) is 4.52. The molecule has 0 radical (unpaired) electrons. The number of hydrogen-bond acceptors (Lipinski definition) is 3. The lowest BCUT2D eigenvalue weighted by atomic mass is 10.0. The van der Waals surface area contributed by atoms with Gasteiger partial charge in [-0.1, -0.05) is 44.2 Å². The van der Waals surface area contributed by atoms with Crippen molar-refractivity contribution in [2.45, 2.75) is 45.7 Å². The average Bonchev–Trinajstić information content (AvgIpc) is 2.62. The van der Waals surface area contributed by atoms with E-state index in [0.29, 0.717) is 19.0 Å². The molecule has 0 saturated carbocycles. The lowest BCUT2D eigenvalue weighted by molar-refractivity contribution is -0.121. The monoisotopic (exact) mass is 360 g/mol. The van der Waals surface area contributed by atoms with Crippen molar-refractivity contribution in [2.24, 2.45) is 5.92 Å². The fraction of sp³-hybridized carbons (Fsp3) is 0.600. The number of likely N-dealkylation sites (tertiary alicyclic amines) is 1. The summed E-state index contributed by atoms with van der Waals surface area (Å²) in [5, 5.41) is 8.65. The van der Waals surface area contributed by atoms with E-state index in [1.165, 1.54) is 0 Å². The number of amides is 3. The molecule has 1 aliphatic heterocycles. The highest BCUT2D eigenvalue weighted by molar-refractivity contribution is 5.78. The predicted octanol–water partition coefficient (Wildman–Crippen LogP) is 2.11. The van der Waals surface area contributed by atoms with E-state index >= 15 is 0 Å². The largest absolute Gasteiger partial charge is 0.352 e. The Balaban J connectivity index is 1.54. The molecule has 0 aromatic heterocycles. The number of urea groups is 1. The maximum atomic E-state index is 12.0. The molecular weight excluding hydrogens is 328 g/mol. The zero-order valence-electron chi connectivity index (χ0n) is 16.0. The molecule has 0 bridgehead atoms. The van der Waals surface area contributed by atoms with E-state index in [2.05, 4.69) is 34.7 Å².